The fourth-order valence-corrected chi connectivity index (χ4v) is 3.35. The summed E-state index contributed by atoms with van der Waals surface area (Å²) in [5.41, 5.74) is -0.0126. The summed E-state index contributed by atoms with van der Waals surface area (Å²) in [7, 11) is 0. The Hall–Kier alpha value is -0.0900. The SMILES string of the molecule is O=C(NC1(CBr)CCCCC1)C1CCCO1. The van der Waals surface area contributed by atoms with Gasteiger partial charge in [0.2, 0.25) is 5.91 Å². The average molecular weight is 290 g/mol. The van der Waals surface area contributed by atoms with E-state index in [0.29, 0.717) is 0 Å². The van der Waals surface area contributed by atoms with E-state index in [9.17, 15) is 4.79 Å². The fourth-order valence-electron chi connectivity index (χ4n) is 2.65. The third-order valence-corrected chi connectivity index (χ3v) is 4.75. The van der Waals surface area contributed by atoms with Crippen LogP contribution in [0.1, 0.15) is 44.9 Å². The first-order valence-corrected chi connectivity index (χ1v) is 7.37. The van der Waals surface area contributed by atoms with Crippen LogP contribution in [0.3, 0.4) is 0 Å². The Morgan fingerprint density at radius 2 is 2.06 bits per heavy atom. The Labute approximate surface area is 105 Å². The van der Waals surface area contributed by atoms with Crippen LogP contribution in [0.2, 0.25) is 0 Å². The van der Waals surface area contributed by atoms with E-state index in [1.54, 1.807) is 0 Å². The van der Waals surface area contributed by atoms with Gasteiger partial charge in [0.1, 0.15) is 6.10 Å². The molecule has 92 valence electrons. The summed E-state index contributed by atoms with van der Waals surface area (Å²) in [5.74, 6) is 0.0962. The minimum Gasteiger partial charge on any atom is -0.368 e. The van der Waals surface area contributed by atoms with Crippen LogP contribution in [-0.2, 0) is 9.53 Å². The lowest BCUT2D eigenvalue weighted by atomic mass is 9.83. The lowest BCUT2D eigenvalue weighted by Gasteiger charge is -2.37. The summed E-state index contributed by atoms with van der Waals surface area (Å²) in [6.07, 6.45) is 7.62. The number of nitrogens with one attached hydrogen (secondary N) is 1. The molecule has 2 aliphatic rings. The molecule has 0 aromatic rings. The quantitative estimate of drug-likeness (QED) is 0.810. The first-order chi connectivity index (χ1) is 7.76. The summed E-state index contributed by atoms with van der Waals surface area (Å²) in [6.45, 7) is 0.736. The van der Waals surface area contributed by atoms with Crippen molar-refractivity contribution in [3.05, 3.63) is 0 Å². The topological polar surface area (TPSA) is 38.3 Å². The molecule has 1 atom stereocenters. The van der Waals surface area contributed by atoms with Crippen molar-refractivity contribution in [2.24, 2.45) is 0 Å². The second-order valence-corrected chi connectivity index (χ2v) is 5.53. The van der Waals surface area contributed by atoms with E-state index in [2.05, 4.69) is 21.2 Å². The van der Waals surface area contributed by atoms with E-state index >= 15 is 0 Å². The molecular formula is C12H20BrNO2. The molecule has 0 bridgehead atoms. The zero-order valence-corrected chi connectivity index (χ0v) is 11.2. The van der Waals surface area contributed by atoms with Crippen LogP contribution in [0.25, 0.3) is 0 Å². The highest BCUT2D eigenvalue weighted by atomic mass is 79.9. The number of amides is 1. The van der Waals surface area contributed by atoms with Crippen LogP contribution in [0, 0.1) is 0 Å². The fraction of sp³-hybridized carbons (Fsp3) is 0.917. The van der Waals surface area contributed by atoms with Crippen LogP contribution in [0.4, 0.5) is 0 Å². The van der Waals surface area contributed by atoms with Crippen molar-refractivity contribution in [2.45, 2.75) is 56.6 Å². The molecule has 1 saturated heterocycles. The van der Waals surface area contributed by atoms with Gasteiger partial charge in [0, 0.05) is 17.5 Å². The standard InChI is InChI=1S/C12H20BrNO2/c13-9-12(6-2-1-3-7-12)14-11(15)10-5-4-8-16-10/h10H,1-9H2,(H,14,15). The van der Waals surface area contributed by atoms with Crippen LogP contribution in [0.5, 0.6) is 0 Å². The van der Waals surface area contributed by atoms with E-state index in [1.807, 2.05) is 0 Å². The van der Waals surface area contributed by atoms with Gasteiger partial charge in [-0.1, -0.05) is 35.2 Å². The van der Waals surface area contributed by atoms with Gasteiger partial charge >= 0.3 is 0 Å². The molecule has 1 aliphatic heterocycles. The maximum absolute atomic E-state index is 12.0. The van der Waals surface area contributed by atoms with E-state index < -0.39 is 0 Å². The Bertz CT molecular complexity index is 245. The molecule has 0 radical (unpaired) electrons. The van der Waals surface area contributed by atoms with Gasteiger partial charge < -0.3 is 10.1 Å². The van der Waals surface area contributed by atoms with E-state index in [4.69, 9.17) is 4.74 Å². The molecule has 1 unspecified atom stereocenters. The first kappa shape index (κ1) is 12.4. The van der Waals surface area contributed by atoms with E-state index in [-0.39, 0.29) is 17.6 Å². The van der Waals surface area contributed by atoms with Crippen LogP contribution in [0.15, 0.2) is 0 Å². The highest BCUT2D eigenvalue weighted by Gasteiger charge is 2.35. The third-order valence-electron chi connectivity index (χ3n) is 3.68. The Morgan fingerprint density at radius 1 is 1.31 bits per heavy atom. The number of carbonyl (C=O) groups is 1. The molecule has 0 aromatic heterocycles. The molecule has 2 fully saturated rings. The predicted octanol–water partition coefficient (Wildman–Crippen LogP) is 2.38. The molecule has 1 heterocycles. The molecule has 1 amide bonds. The molecule has 1 aliphatic carbocycles. The summed E-state index contributed by atoms with van der Waals surface area (Å²) in [5, 5.41) is 4.07. The average Bonchev–Trinajstić information content (AvgIpc) is 2.84. The summed E-state index contributed by atoms with van der Waals surface area (Å²) in [4.78, 5) is 12.0. The first-order valence-electron chi connectivity index (χ1n) is 6.25. The monoisotopic (exact) mass is 289 g/mol. The summed E-state index contributed by atoms with van der Waals surface area (Å²) >= 11 is 3.55. The molecule has 1 N–H and O–H groups in total. The second-order valence-electron chi connectivity index (χ2n) is 4.97. The molecule has 3 nitrogen and oxygen atoms in total. The molecule has 0 spiro atoms. The Kier molecular flexibility index (Phi) is 4.25. The van der Waals surface area contributed by atoms with Gasteiger partial charge in [0.05, 0.1) is 0 Å². The molecule has 0 aromatic carbocycles. The highest BCUT2D eigenvalue weighted by Crippen LogP contribution is 2.30. The van der Waals surface area contributed by atoms with Gasteiger partial charge in [0.15, 0.2) is 0 Å². The van der Waals surface area contributed by atoms with Gasteiger partial charge in [-0.2, -0.15) is 0 Å². The number of hydrogen-bond acceptors (Lipinski definition) is 2. The Balaban J connectivity index is 1.91. The Morgan fingerprint density at radius 3 is 2.62 bits per heavy atom. The van der Waals surface area contributed by atoms with E-state index in [0.717, 1.165) is 37.6 Å². The van der Waals surface area contributed by atoms with Crippen molar-refractivity contribution in [1.29, 1.82) is 0 Å². The van der Waals surface area contributed by atoms with Gasteiger partial charge in [-0.15, -0.1) is 0 Å². The number of hydrogen-bond donors (Lipinski definition) is 1. The lowest BCUT2D eigenvalue weighted by Crippen LogP contribution is -2.54. The predicted molar refractivity (Wildman–Crippen MR) is 66.7 cm³/mol. The van der Waals surface area contributed by atoms with Crippen LogP contribution < -0.4 is 5.32 Å². The number of carbonyl (C=O) groups excluding carboxylic acids is 1. The zero-order valence-electron chi connectivity index (χ0n) is 9.64. The van der Waals surface area contributed by atoms with Crippen molar-refractivity contribution in [2.75, 3.05) is 11.9 Å². The van der Waals surface area contributed by atoms with Gasteiger partial charge in [-0.25, -0.2) is 0 Å². The normalized spacial score (nSPS) is 28.9. The molecule has 2 rings (SSSR count). The van der Waals surface area contributed by atoms with Crippen LogP contribution in [-0.4, -0.2) is 29.5 Å². The van der Waals surface area contributed by atoms with Crippen LogP contribution >= 0.6 is 15.9 Å². The van der Waals surface area contributed by atoms with E-state index in [1.165, 1.54) is 19.3 Å². The van der Waals surface area contributed by atoms with Gasteiger partial charge in [-0.05, 0) is 25.7 Å². The second kappa shape index (κ2) is 5.50. The molecule has 4 heteroatoms. The molecular weight excluding hydrogens is 270 g/mol. The van der Waals surface area contributed by atoms with Crippen molar-refractivity contribution in [1.82, 2.24) is 5.32 Å². The largest absolute Gasteiger partial charge is 0.368 e. The smallest absolute Gasteiger partial charge is 0.249 e. The molecule has 16 heavy (non-hydrogen) atoms. The van der Waals surface area contributed by atoms with Crippen molar-refractivity contribution >= 4 is 21.8 Å². The van der Waals surface area contributed by atoms with Crippen molar-refractivity contribution in [3.8, 4) is 0 Å². The lowest BCUT2D eigenvalue weighted by molar-refractivity contribution is -0.132. The van der Waals surface area contributed by atoms with Crippen molar-refractivity contribution in [3.63, 3.8) is 0 Å². The summed E-state index contributed by atoms with van der Waals surface area (Å²) in [6, 6.07) is 0. The number of ether oxygens (including phenoxy) is 1. The number of halogens is 1. The van der Waals surface area contributed by atoms with Gasteiger partial charge in [-0.3, -0.25) is 4.79 Å². The minimum absolute atomic E-state index is 0.0126. The summed E-state index contributed by atoms with van der Waals surface area (Å²) < 4.78 is 5.42. The highest BCUT2D eigenvalue weighted by molar-refractivity contribution is 9.09. The van der Waals surface area contributed by atoms with Crippen molar-refractivity contribution < 1.29 is 9.53 Å². The minimum atomic E-state index is -0.196. The van der Waals surface area contributed by atoms with Gasteiger partial charge in [0.25, 0.3) is 0 Å². The number of alkyl halides is 1. The zero-order chi connectivity index (χ0) is 11.4. The molecule has 1 saturated carbocycles. The third kappa shape index (κ3) is 2.77. The maximum Gasteiger partial charge on any atom is 0.249 e. The number of rotatable bonds is 3. The maximum atomic E-state index is 12.0.